The molecule has 0 aliphatic carbocycles. The molecule has 0 spiro atoms. The van der Waals surface area contributed by atoms with Crippen LogP contribution < -0.4 is 4.72 Å². The summed E-state index contributed by atoms with van der Waals surface area (Å²) in [5, 5.41) is 0.619. The Morgan fingerprint density at radius 2 is 1.89 bits per heavy atom. The predicted octanol–water partition coefficient (Wildman–Crippen LogP) is 2.21. The Morgan fingerprint density at radius 1 is 1.17 bits per heavy atom. The van der Waals surface area contributed by atoms with Gasteiger partial charge < -0.3 is 0 Å². The second kappa shape index (κ2) is 5.48. The van der Waals surface area contributed by atoms with E-state index in [1.165, 1.54) is 18.5 Å². The number of hydrogen-bond donors (Lipinski definition) is 1. The average molecular weight is 283 g/mol. The molecule has 6 heteroatoms. The van der Waals surface area contributed by atoms with Crippen LogP contribution in [0.2, 0.25) is 5.02 Å². The normalized spacial score (nSPS) is 11.4. The van der Waals surface area contributed by atoms with Crippen LogP contribution in [-0.2, 0) is 16.6 Å². The van der Waals surface area contributed by atoms with Crippen molar-refractivity contribution in [3.8, 4) is 0 Å². The summed E-state index contributed by atoms with van der Waals surface area (Å²) in [7, 11) is -3.51. The van der Waals surface area contributed by atoms with Gasteiger partial charge in [-0.2, -0.15) is 0 Å². The maximum atomic E-state index is 11.9. The van der Waals surface area contributed by atoms with Crippen LogP contribution >= 0.6 is 11.6 Å². The molecule has 0 saturated carbocycles. The molecule has 0 radical (unpaired) electrons. The molecule has 18 heavy (non-hydrogen) atoms. The number of pyridine rings is 1. The third-order valence-corrected chi connectivity index (χ3v) is 3.96. The minimum Gasteiger partial charge on any atom is -0.263 e. The van der Waals surface area contributed by atoms with E-state index in [9.17, 15) is 8.42 Å². The third kappa shape index (κ3) is 3.29. The molecule has 0 fully saturated rings. The summed E-state index contributed by atoms with van der Waals surface area (Å²) in [6.07, 6.45) is 2.84. The SMILES string of the molecule is O=S(=O)(NCc1ccc(Cl)cc1)c1cccnc1. The maximum Gasteiger partial charge on any atom is 0.242 e. The van der Waals surface area contributed by atoms with Gasteiger partial charge in [-0.05, 0) is 29.8 Å². The molecular formula is C12H11ClN2O2S. The summed E-state index contributed by atoms with van der Waals surface area (Å²) in [4.78, 5) is 3.93. The molecule has 0 atom stereocenters. The van der Waals surface area contributed by atoms with Crippen LogP contribution in [0.1, 0.15) is 5.56 Å². The Kier molecular flexibility index (Phi) is 3.96. The van der Waals surface area contributed by atoms with Crippen molar-refractivity contribution in [1.29, 1.82) is 0 Å². The molecule has 1 aromatic heterocycles. The number of aromatic nitrogens is 1. The number of rotatable bonds is 4. The van der Waals surface area contributed by atoms with Gasteiger partial charge in [-0.25, -0.2) is 13.1 Å². The van der Waals surface area contributed by atoms with Crippen molar-refractivity contribution in [1.82, 2.24) is 9.71 Å². The quantitative estimate of drug-likeness (QED) is 0.935. The largest absolute Gasteiger partial charge is 0.263 e. The topological polar surface area (TPSA) is 59.1 Å². The second-order valence-corrected chi connectivity index (χ2v) is 5.84. The van der Waals surface area contributed by atoms with Crippen molar-refractivity contribution in [3.63, 3.8) is 0 Å². The summed E-state index contributed by atoms with van der Waals surface area (Å²) in [5.74, 6) is 0. The van der Waals surface area contributed by atoms with Gasteiger partial charge in [-0.15, -0.1) is 0 Å². The van der Waals surface area contributed by atoms with E-state index >= 15 is 0 Å². The van der Waals surface area contributed by atoms with Crippen LogP contribution in [0, 0.1) is 0 Å². The zero-order chi connectivity index (χ0) is 13.0. The lowest BCUT2D eigenvalue weighted by molar-refractivity contribution is 0.581. The Bertz CT molecular complexity index is 612. The minimum atomic E-state index is -3.51. The van der Waals surface area contributed by atoms with E-state index in [4.69, 9.17) is 11.6 Å². The van der Waals surface area contributed by atoms with Gasteiger partial charge in [0, 0.05) is 24.0 Å². The molecule has 4 nitrogen and oxygen atoms in total. The average Bonchev–Trinajstić information content (AvgIpc) is 2.39. The van der Waals surface area contributed by atoms with Crippen LogP contribution in [-0.4, -0.2) is 13.4 Å². The molecule has 0 unspecified atom stereocenters. The van der Waals surface area contributed by atoms with Crippen LogP contribution in [0.3, 0.4) is 0 Å². The monoisotopic (exact) mass is 282 g/mol. The molecule has 1 N–H and O–H groups in total. The fourth-order valence-corrected chi connectivity index (χ4v) is 2.48. The first-order valence-corrected chi connectivity index (χ1v) is 7.08. The van der Waals surface area contributed by atoms with Crippen LogP contribution in [0.15, 0.2) is 53.7 Å². The van der Waals surface area contributed by atoms with Gasteiger partial charge >= 0.3 is 0 Å². The van der Waals surface area contributed by atoms with Crippen molar-refractivity contribution >= 4 is 21.6 Å². The standard InChI is InChI=1S/C12H11ClN2O2S/c13-11-5-3-10(4-6-11)8-15-18(16,17)12-2-1-7-14-9-12/h1-7,9,15H,8H2. The van der Waals surface area contributed by atoms with Crippen molar-refractivity contribution < 1.29 is 8.42 Å². The molecule has 0 bridgehead atoms. The van der Waals surface area contributed by atoms with E-state index in [1.54, 1.807) is 30.3 Å². The Morgan fingerprint density at radius 3 is 2.50 bits per heavy atom. The molecule has 0 amide bonds. The highest BCUT2D eigenvalue weighted by Crippen LogP contribution is 2.11. The maximum absolute atomic E-state index is 11.9. The van der Waals surface area contributed by atoms with Crippen molar-refractivity contribution in [3.05, 3.63) is 59.4 Å². The summed E-state index contributed by atoms with van der Waals surface area (Å²) in [6.45, 7) is 0.217. The van der Waals surface area contributed by atoms with Gasteiger partial charge in [-0.1, -0.05) is 23.7 Å². The first kappa shape index (κ1) is 13.0. The summed E-state index contributed by atoms with van der Waals surface area (Å²) >= 11 is 5.75. The smallest absolute Gasteiger partial charge is 0.242 e. The molecule has 0 saturated heterocycles. The van der Waals surface area contributed by atoms with E-state index in [0.717, 1.165) is 5.56 Å². The number of nitrogens with one attached hydrogen (secondary N) is 1. The Labute approximate surface area is 111 Å². The number of hydrogen-bond acceptors (Lipinski definition) is 3. The van der Waals surface area contributed by atoms with Crippen LogP contribution in [0.4, 0.5) is 0 Å². The van der Waals surface area contributed by atoms with Crippen molar-refractivity contribution in [2.75, 3.05) is 0 Å². The number of benzene rings is 1. The predicted molar refractivity (Wildman–Crippen MR) is 69.7 cm³/mol. The lowest BCUT2D eigenvalue weighted by atomic mass is 10.2. The van der Waals surface area contributed by atoms with E-state index < -0.39 is 10.0 Å². The van der Waals surface area contributed by atoms with E-state index in [0.29, 0.717) is 5.02 Å². The minimum absolute atomic E-state index is 0.152. The van der Waals surface area contributed by atoms with Crippen LogP contribution in [0.25, 0.3) is 0 Å². The zero-order valence-corrected chi connectivity index (χ0v) is 10.9. The van der Waals surface area contributed by atoms with E-state index in [-0.39, 0.29) is 11.4 Å². The highest BCUT2D eigenvalue weighted by atomic mass is 35.5. The lowest BCUT2D eigenvalue weighted by Crippen LogP contribution is -2.23. The molecule has 1 aromatic carbocycles. The number of halogens is 1. The van der Waals surface area contributed by atoms with E-state index in [1.807, 2.05) is 0 Å². The summed E-state index contributed by atoms with van der Waals surface area (Å²) in [5.41, 5.74) is 0.840. The first-order chi connectivity index (χ1) is 8.58. The van der Waals surface area contributed by atoms with Crippen LogP contribution in [0.5, 0.6) is 0 Å². The Hall–Kier alpha value is -1.43. The molecule has 2 rings (SSSR count). The fourth-order valence-electron chi connectivity index (χ4n) is 1.37. The zero-order valence-electron chi connectivity index (χ0n) is 9.38. The van der Waals surface area contributed by atoms with Crippen molar-refractivity contribution in [2.24, 2.45) is 0 Å². The lowest BCUT2D eigenvalue weighted by Gasteiger charge is -2.06. The van der Waals surface area contributed by atoms with Crippen molar-refractivity contribution in [2.45, 2.75) is 11.4 Å². The fraction of sp³-hybridized carbons (Fsp3) is 0.0833. The molecule has 0 aliphatic rings. The van der Waals surface area contributed by atoms with Gasteiger partial charge in [0.1, 0.15) is 4.90 Å². The first-order valence-electron chi connectivity index (χ1n) is 5.22. The van der Waals surface area contributed by atoms with Gasteiger partial charge in [0.05, 0.1) is 0 Å². The van der Waals surface area contributed by atoms with Gasteiger partial charge in [-0.3, -0.25) is 4.98 Å². The van der Waals surface area contributed by atoms with Gasteiger partial charge in [0.15, 0.2) is 0 Å². The summed E-state index contributed by atoms with van der Waals surface area (Å²) in [6, 6.07) is 10.1. The number of sulfonamides is 1. The highest BCUT2D eigenvalue weighted by molar-refractivity contribution is 7.89. The number of nitrogens with zero attached hydrogens (tertiary/aromatic N) is 1. The molecule has 2 aromatic rings. The molecule has 94 valence electrons. The molecule has 1 heterocycles. The van der Waals surface area contributed by atoms with Gasteiger partial charge in [0.2, 0.25) is 10.0 Å². The van der Waals surface area contributed by atoms with E-state index in [2.05, 4.69) is 9.71 Å². The molecule has 0 aliphatic heterocycles. The highest BCUT2D eigenvalue weighted by Gasteiger charge is 2.12. The van der Waals surface area contributed by atoms with Gasteiger partial charge in [0.25, 0.3) is 0 Å². The molecular weight excluding hydrogens is 272 g/mol. The third-order valence-electron chi connectivity index (χ3n) is 2.32. The Balaban J connectivity index is 2.08. The summed E-state index contributed by atoms with van der Waals surface area (Å²) < 4.78 is 26.3. The second-order valence-electron chi connectivity index (χ2n) is 3.64.